The summed E-state index contributed by atoms with van der Waals surface area (Å²) < 4.78 is 0. The molecule has 0 aliphatic rings. The number of hydrogen-bond donors (Lipinski definition) is 2. The van der Waals surface area contributed by atoms with Crippen LogP contribution in [-0.2, 0) is 0 Å². The number of benzene rings is 2. The zero-order valence-corrected chi connectivity index (χ0v) is 15.5. The third-order valence-corrected chi connectivity index (χ3v) is 4.12. The number of anilines is 3. The monoisotopic (exact) mass is 373 g/mol. The lowest BCUT2D eigenvalue weighted by Crippen LogP contribution is -2.14. The number of Topliss-reactive ketones (excluding diaryl/α,β-unsaturated/α-hetero) is 2. The van der Waals surface area contributed by atoms with Crippen molar-refractivity contribution in [2.24, 2.45) is 0 Å². The highest BCUT2D eigenvalue weighted by atomic mass is 16.2. The third kappa shape index (κ3) is 4.67. The van der Waals surface area contributed by atoms with Crippen LogP contribution in [0.25, 0.3) is 0 Å². The molecule has 1 heterocycles. The summed E-state index contributed by atoms with van der Waals surface area (Å²) in [6, 6.07) is 17.1. The van der Waals surface area contributed by atoms with Crippen LogP contribution in [-0.4, -0.2) is 22.5 Å². The van der Waals surface area contributed by atoms with Crippen LogP contribution in [0.4, 0.5) is 17.1 Å². The van der Waals surface area contributed by atoms with Gasteiger partial charge in [0.25, 0.3) is 5.91 Å². The molecule has 3 aromatic rings. The van der Waals surface area contributed by atoms with Crippen molar-refractivity contribution in [2.75, 3.05) is 10.6 Å². The summed E-state index contributed by atoms with van der Waals surface area (Å²) in [6.07, 6.45) is 1.54. The summed E-state index contributed by atoms with van der Waals surface area (Å²) in [5.74, 6) is -0.383. The molecule has 1 aromatic heterocycles. The first-order valence-corrected chi connectivity index (χ1v) is 8.69. The smallest absolute Gasteiger partial charge is 0.274 e. The van der Waals surface area contributed by atoms with E-state index in [1.807, 2.05) is 0 Å². The van der Waals surface area contributed by atoms with E-state index >= 15 is 0 Å². The summed E-state index contributed by atoms with van der Waals surface area (Å²) in [5, 5.41) is 5.94. The average Bonchev–Trinajstić information content (AvgIpc) is 2.69. The topological polar surface area (TPSA) is 88.2 Å². The Morgan fingerprint density at radius 3 is 1.79 bits per heavy atom. The summed E-state index contributed by atoms with van der Waals surface area (Å²) >= 11 is 0. The Hall–Kier alpha value is -3.80. The molecule has 0 fully saturated rings. The number of nitrogens with one attached hydrogen (secondary N) is 2. The minimum absolute atomic E-state index is 0.00533. The molecule has 0 bridgehead atoms. The van der Waals surface area contributed by atoms with Gasteiger partial charge in [0.1, 0.15) is 5.69 Å². The van der Waals surface area contributed by atoms with Gasteiger partial charge >= 0.3 is 0 Å². The van der Waals surface area contributed by atoms with Crippen molar-refractivity contribution in [1.29, 1.82) is 0 Å². The highest BCUT2D eigenvalue weighted by Gasteiger charge is 2.09. The fourth-order valence-corrected chi connectivity index (χ4v) is 2.57. The van der Waals surface area contributed by atoms with Gasteiger partial charge in [0.2, 0.25) is 0 Å². The van der Waals surface area contributed by atoms with Crippen LogP contribution in [0.5, 0.6) is 0 Å². The molecule has 2 aromatic carbocycles. The second-order valence-electron chi connectivity index (χ2n) is 6.28. The van der Waals surface area contributed by atoms with Gasteiger partial charge in [0, 0.05) is 34.4 Å². The molecule has 6 nitrogen and oxygen atoms in total. The third-order valence-electron chi connectivity index (χ3n) is 4.12. The summed E-state index contributed by atoms with van der Waals surface area (Å²) in [7, 11) is 0. The molecular weight excluding hydrogens is 354 g/mol. The SMILES string of the molecule is CC(=O)c1ccc(NC(=O)c2cc(Nc3ccc(C(C)=O)cc3)ccn2)cc1. The lowest BCUT2D eigenvalue weighted by molar-refractivity contribution is 0.100. The Morgan fingerprint density at radius 1 is 0.714 bits per heavy atom. The molecule has 0 saturated carbocycles. The Bertz CT molecular complexity index is 1030. The minimum atomic E-state index is -0.355. The Balaban J connectivity index is 1.70. The van der Waals surface area contributed by atoms with Gasteiger partial charge in [0.15, 0.2) is 11.6 Å². The molecule has 28 heavy (non-hydrogen) atoms. The first-order chi connectivity index (χ1) is 13.4. The number of amides is 1. The zero-order chi connectivity index (χ0) is 20.1. The van der Waals surface area contributed by atoms with Crippen molar-refractivity contribution >= 4 is 34.5 Å². The zero-order valence-electron chi connectivity index (χ0n) is 15.5. The standard InChI is InChI=1S/C22H19N3O3/c1-14(26)16-3-7-18(8-4-16)24-20-11-12-23-21(13-20)22(28)25-19-9-5-17(6-10-19)15(2)27/h3-13H,1-2H3,(H,23,24)(H,25,28). The van der Waals surface area contributed by atoms with Crippen molar-refractivity contribution in [3.8, 4) is 0 Å². The number of carbonyl (C=O) groups excluding carboxylic acids is 3. The predicted molar refractivity (Wildman–Crippen MR) is 108 cm³/mol. The van der Waals surface area contributed by atoms with Crippen LogP contribution in [0.15, 0.2) is 66.9 Å². The van der Waals surface area contributed by atoms with Crippen molar-refractivity contribution in [1.82, 2.24) is 4.98 Å². The van der Waals surface area contributed by atoms with Crippen LogP contribution >= 0.6 is 0 Å². The Labute approximate surface area is 162 Å². The number of hydrogen-bond acceptors (Lipinski definition) is 5. The van der Waals surface area contributed by atoms with E-state index in [4.69, 9.17) is 0 Å². The molecular formula is C22H19N3O3. The van der Waals surface area contributed by atoms with Crippen molar-refractivity contribution in [3.63, 3.8) is 0 Å². The quantitative estimate of drug-likeness (QED) is 0.622. The number of aromatic nitrogens is 1. The first-order valence-electron chi connectivity index (χ1n) is 8.69. The molecule has 0 saturated heterocycles. The van der Waals surface area contributed by atoms with Gasteiger partial charge in [-0.3, -0.25) is 19.4 Å². The van der Waals surface area contributed by atoms with Crippen LogP contribution < -0.4 is 10.6 Å². The maximum atomic E-state index is 12.5. The van der Waals surface area contributed by atoms with E-state index in [1.165, 1.54) is 13.8 Å². The number of rotatable bonds is 6. The average molecular weight is 373 g/mol. The maximum absolute atomic E-state index is 12.5. The van der Waals surface area contributed by atoms with E-state index < -0.39 is 0 Å². The van der Waals surface area contributed by atoms with Gasteiger partial charge in [-0.25, -0.2) is 0 Å². The minimum Gasteiger partial charge on any atom is -0.355 e. The van der Waals surface area contributed by atoms with E-state index in [-0.39, 0.29) is 23.2 Å². The van der Waals surface area contributed by atoms with Crippen molar-refractivity contribution < 1.29 is 14.4 Å². The molecule has 1 amide bonds. The highest BCUT2D eigenvalue weighted by molar-refractivity contribution is 6.03. The van der Waals surface area contributed by atoms with Crippen molar-refractivity contribution in [3.05, 3.63) is 83.7 Å². The summed E-state index contributed by atoms with van der Waals surface area (Å²) in [4.78, 5) is 39.2. The van der Waals surface area contributed by atoms with Crippen LogP contribution in [0, 0.1) is 0 Å². The second kappa shape index (κ2) is 8.26. The second-order valence-corrected chi connectivity index (χ2v) is 6.28. The molecule has 0 aliphatic heterocycles. The summed E-state index contributed by atoms with van der Waals surface area (Å²) in [5.41, 5.74) is 3.54. The number of carbonyl (C=O) groups is 3. The van der Waals surface area contributed by atoms with E-state index in [1.54, 1.807) is 66.9 Å². The van der Waals surface area contributed by atoms with Gasteiger partial charge in [-0.2, -0.15) is 0 Å². The molecule has 0 atom stereocenters. The molecule has 0 radical (unpaired) electrons. The van der Waals surface area contributed by atoms with E-state index in [0.717, 1.165) is 5.69 Å². The molecule has 6 heteroatoms. The molecule has 0 spiro atoms. The maximum Gasteiger partial charge on any atom is 0.274 e. The molecule has 0 unspecified atom stereocenters. The first kappa shape index (κ1) is 19.0. The van der Waals surface area contributed by atoms with Gasteiger partial charge in [-0.05, 0) is 74.5 Å². The molecule has 3 rings (SSSR count). The number of pyridine rings is 1. The Morgan fingerprint density at radius 2 is 1.25 bits per heavy atom. The van der Waals surface area contributed by atoms with Gasteiger partial charge < -0.3 is 10.6 Å². The largest absolute Gasteiger partial charge is 0.355 e. The fraction of sp³-hybridized carbons (Fsp3) is 0.0909. The fourth-order valence-electron chi connectivity index (χ4n) is 2.57. The van der Waals surface area contributed by atoms with Gasteiger partial charge in [0.05, 0.1) is 0 Å². The van der Waals surface area contributed by atoms with Gasteiger partial charge in [-0.1, -0.05) is 0 Å². The lowest BCUT2D eigenvalue weighted by Gasteiger charge is -2.09. The predicted octanol–water partition coefficient (Wildman–Crippen LogP) is 4.48. The van der Waals surface area contributed by atoms with E-state index in [0.29, 0.717) is 22.5 Å². The van der Waals surface area contributed by atoms with Crippen LogP contribution in [0.3, 0.4) is 0 Å². The molecule has 140 valence electrons. The molecule has 2 N–H and O–H groups in total. The lowest BCUT2D eigenvalue weighted by atomic mass is 10.1. The van der Waals surface area contributed by atoms with E-state index in [9.17, 15) is 14.4 Å². The Kier molecular flexibility index (Phi) is 5.60. The van der Waals surface area contributed by atoms with Crippen LogP contribution in [0.1, 0.15) is 45.1 Å². The number of nitrogens with zero attached hydrogens (tertiary/aromatic N) is 1. The van der Waals surface area contributed by atoms with Crippen molar-refractivity contribution in [2.45, 2.75) is 13.8 Å². The van der Waals surface area contributed by atoms with E-state index in [2.05, 4.69) is 15.6 Å². The normalized spacial score (nSPS) is 10.2. The van der Waals surface area contributed by atoms with Crippen LogP contribution in [0.2, 0.25) is 0 Å². The molecule has 0 aliphatic carbocycles. The number of ketones is 2. The highest BCUT2D eigenvalue weighted by Crippen LogP contribution is 2.18. The van der Waals surface area contributed by atoms with Gasteiger partial charge in [-0.15, -0.1) is 0 Å². The summed E-state index contributed by atoms with van der Waals surface area (Å²) in [6.45, 7) is 3.01.